The zero-order chi connectivity index (χ0) is 50.5. The predicted octanol–water partition coefficient (Wildman–Crippen LogP) is 17.6. The monoisotopic (exact) mass is 1130 g/mol. The number of aromatic nitrogens is 4. The molecule has 3 heterocycles. The normalized spacial score (nSPS) is 14.1. The van der Waals surface area contributed by atoms with Gasteiger partial charge in [-0.3, -0.25) is 0 Å². The van der Waals surface area contributed by atoms with Crippen molar-refractivity contribution in [2.45, 2.75) is 117 Å². The first kappa shape index (κ1) is 47.8. The number of ether oxygens (including phenoxy) is 1. The zero-order valence-electron chi connectivity index (χ0n) is 43.7. The van der Waals surface area contributed by atoms with E-state index in [0.717, 1.165) is 55.5 Å². The van der Waals surface area contributed by atoms with Crippen LogP contribution in [-0.2, 0) is 47.4 Å². The molecule has 10 aromatic rings. The molecule has 0 saturated carbocycles. The van der Waals surface area contributed by atoms with Crippen molar-refractivity contribution in [1.29, 1.82) is 0 Å². The van der Waals surface area contributed by atoms with Crippen LogP contribution in [0.3, 0.4) is 0 Å². The Bertz CT molecular complexity index is 3770. The topological polar surface area (TPSA) is 36.9 Å². The molecule has 1 aliphatic rings. The number of aryl methyl sites for hydroxylation is 1. The van der Waals surface area contributed by atoms with Crippen LogP contribution in [0.1, 0.15) is 117 Å². The van der Waals surface area contributed by atoms with E-state index in [1.54, 1.807) is 0 Å². The summed E-state index contributed by atoms with van der Waals surface area (Å²) < 4.78 is 15.2. The van der Waals surface area contributed by atoms with Crippen LogP contribution in [0.25, 0.3) is 72.3 Å². The Kier molecular flexibility index (Phi) is 11.7. The number of fused-ring (bicyclic) bond motifs is 5. The van der Waals surface area contributed by atoms with Crippen LogP contribution in [0.15, 0.2) is 164 Å². The SMILES string of the molecule is CC(C)(C)c1cc(-c2cccc(-c3ccccc3)c2-n2[c](=[Pt])n(-c3cccc(Oc4ccc5c6cc7c(cc6n(-c6cc(C(C)(C)C)ccn6)c5c4)C(C)(C)CCC7)c3)c3ccccc32)cc(C(C)(C)C)c1. The van der Waals surface area contributed by atoms with Gasteiger partial charge in [-0.05, 0) is 52.8 Å². The van der Waals surface area contributed by atoms with Crippen molar-refractivity contribution >= 4 is 32.8 Å². The Morgan fingerprint density at radius 1 is 0.514 bits per heavy atom. The van der Waals surface area contributed by atoms with Gasteiger partial charge in [-0.1, -0.05) is 34.6 Å². The van der Waals surface area contributed by atoms with Crippen LogP contribution in [0.2, 0.25) is 0 Å². The molecular weight excluding hydrogens is 1060 g/mol. The molecule has 1 aliphatic carbocycles. The quantitative estimate of drug-likeness (QED) is 0.159. The van der Waals surface area contributed by atoms with Crippen molar-refractivity contribution < 1.29 is 24.1 Å². The molecule has 0 atom stereocenters. The fourth-order valence-corrected chi connectivity index (χ4v) is 12.1. The van der Waals surface area contributed by atoms with Gasteiger partial charge >= 0.3 is 346 Å². The van der Waals surface area contributed by atoms with E-state index in [9.17, 15) is 0 Å². The molecule has 0 fully saturated rings. The molecule has 11 rings (SSSR count). The molecule has 0 radical (unpaired) electrons. The number of imidazole rings is 1. The van der Waals surface area contributed by atoms with Crippen molar-refractivity contribution in [1.82, 2.24) is 18.7 Å². The number of hydrogen-bond acceptors (Lipinski definition) is 2. The van der Waals surface area contributed by atoms with Crippen LogP contribution >= 0.6 is 0 Å². The van der Waals surface area contributed by atoms with Crippen molar-refractivity contribution in [3.05, 3.63) is 196 Å². The van der Waals surface area contributed by atoms with Crippen molar-refractivity contribution in [3.8, 4) is 50.9 Å². The van der Waals surface area contributed by atoms with E-state index >= 15 is 0 Å². The second-order valence-electron chi connectivity index (χ2n) is 23.8. The van der Waals surface area contributed by atoms with Gasteiger partial charge in [0, 0.05) is 6.20 Å². The average Bonchev–Trinajstić information content (AvgIpc) is 3.82. The molecule has 0 spiro atoms. The number of rotatable bonds is 7. The summed E-state index contributed by atoms with van der Waals surface area (Å²) in [7, 11) is 0. The van der Waals surface area contributed by atoms with Crippen LogP contribution < -0.4 is 4.74 Å². The Hall–Kier alpha value is -6.55. The van der Waals surface area contributed by atoms with Gasteiger partial charge in [-0.15, -0.1) is 0 Å². The molecule has 0 N–H and O–H groups in total. The molecule has 366 valence electrons. The van der Waals surface area contributed by atoms with E-state index in [2.05, 4.69) is 267 Å². The molecule has 72 heavy (non-hydrogen) atoms. The number of pyridine rings is 1. The van der Waals surface area contributed by atoms with Gasteiger partial charge in [-0.2, -0.15) is 0 Å². The molecule has 0 saturated heterocycles. The average molecular weight is 1130 g/mol. The first-order chi connectivity index (χ1) is 34.2. The van der Waals surface area contributed by atoms with E-state index in [-0.39, 0.29) is 21.7 Å². The Balaban J connectivity index is 1.07. The molecular formula is C66H66N4OPt. The third-order valence-electron chi connectivity index (χ3n) is 15.1. The summed E-state index contributed by atoms with van der Waals surface area (Å²) in [5.41, 5.74) is 18.2. The van der Waals surface area contributed by atoms with E-state index < -0.39 is 0 Å². The van der Waals surface area contributed by atoms with Crippen molar-refractivity contribution in [2.75, 3.05) is 0 Å². The number of nitrogens with zero attached hydrogens (tertiary/aromatic N) is 4. The van der Waals surface area contributed by atoms with E-state index in [1.807, 2.05) is 6.20 Å². The van der Waals surface area contributed by atoms with E-state index in [4.69, 9.17) is 9.72 Å². The Morgan fingerprint density at radius 2 is 1.14 bits per heavy atom. The Labute approximate surface area is 436 Å². The summed E-state index contributed by atoms with van der Waals surface area (Å²) >= 11 is 2.55. The van der Waals surface area contributed by atoms with Crippen molar-refractivity contribution in [2.24, 2.45) is 0 Å². The van der Waals surface area contributed by atoms with Crippen molar-refractivity contribution in [3.63, 3.8) is 0 Å². The van der Waals surface area contributed by atoms with Gasteiger partial charge in [0.1, 0.15) is 0 Å². The molecule has 6 heteroatoms. The third-order valence-corrected chi connectivity index (χ3v) is 16.1. The summed E-state index contributed by atoms with van der Waals surface area (Å²) in [5, 5.41) is 2.46. The van der Waals surface area contributed by atoms with Gasteiger partial charge in [0.2, 0.25) is 0 Å². The summed E-state index contributed by atoms with van der Waals surface area (Å²) in [6.45, 7) is 25.5. The van der Waals surface area contributed by atoms with Crippen LogP contribution in [-0.4, -0.2) is 18.7 Å². The maximum absolute atomic E-state index is 6.96. The van der Waals surface area contributed by atoms with Gasteiger partial charge < -0.3 is 0 Å². The van der Waals surface area contributed by atoms with Gasteiger partial charge in [0.05, 0.1) is 0 Å². The molecule has 0 aliphatic heterocycles. The minimum absolute atomic E-state index is 0.0269. The summed E-state index contributed by atoms with van der Waals surface area (Å²) in [6, 6.07) is 58.1. The zero-order valence-corrected chi connectivity index (χ0v) is 46.0. The Morgan fingerprint density at radius 3 is 1.83 bits per heavy atom. The fourth-order valence-electron chi connectivity index (χ4n) is 11.0. The second-order valence-corrected chi connectivity index (χ2v) is 24.8. The van der Waals surface area contributed by atoms with Crippen LogP contribution in [0, 0.1) is 3.80 Å². The molecule has 7 aromatic carbocycles. The molecule has 0 amide bonds. The number of benzene rings is 7. The number of hydrogen-bond donors (Lipinski definition) is 0. The second kappa shape index (κ2) is 17.6. The summed E-state index contributed by atoms with van der Waals surface area (Å²) in [6.07, 6.45) is 5.47. The number of para-hydroxylation sites is 3. The van der Waals surface area contributed by atoms with Gasteiger partial charge in [0.25, 0.3) is 0 Å². The van der Waals surface area contributed by atoms with Crippen LogP contribution in [0.5, 0.6) is 11.5 Å². The summed E-state index contributed by atoms with van der Waals surface area (Å²) in [4.78, 5) is 5.05. The summed E-state index contributed by atoms with van der Waals surface area (Å²) in [5.74, 6) is 2.46. The van der Waals surface area contributed by atoms with Crippen LogP contribution in [0.4, 0.5) is 0 Å². The predicted molar refractivity (Wildman–Crippen MR) is 297 cm³/mol. The molecule has 0 bridgehead atoms. The van der Waals surface area contributed by atoms with E-state index in [0.29, 0.717) is 0 Å². The van der Waals surface area contributed by atoms with Gasteiger partial charge in [-0.25, -0.2) is 0 Å². The molecule has 5 nitrogen and oxygen atoms in total. The maximum atomic E-state index is 6.96. The molecule has 0 unspecified atom stereocenters. The van der Waals surface area contributed by atoms with E-state index in [1.165, 1.54) is 79.2 Å². The molecule has 3 aromatic heterocycles. The first-order valence-electron chi connectivity index (χ1n) is 25.6. The third kappa shape index (κ3) is 8.52. The standard InChI is InChI=1S/C66H66N4O.Pt/c1-63(2,3)46-31-33-67-61(38-46)70-59-40-51(29-30-54(59)55-36-44-22-19-32-66(10,11)56(44)41-60(55)70)71-50-24-17-23-49(39-50)68-42-69(58-28-16-15-27-57(58)68)62-52(43-20-13-12-14-21-43)25-18-26-53(62)45-34-47(64(4,5)6)37-48(35-45)65(7,8)9;/h12-18,20-21,23-31,33-41H,19,22,32H2,1-11H3;. The minimum atomic E-state index is -0.0334. The van der Waals surface area contributed by atoms with Gasteiger partial charge in [0.15, 0.2) is 0 Å². The first-order valence-corrected chi connectivity index (χ1v) is 26.8. The fraction of sp³-hybridized carbons (Fsp3) is 0.273.